The smallest absolute Gasteiger partial charge is 0.179 e. The first-order chi connectivity index (χ1) is 10.5. The zero-order valence-corrected chi connectivity index (χ0v) is 13.7. The molecule has 0 aliphatic carbocycles. The fourth-order valence-electron chi connectivity index (χ4n) is 1.81. The average Bonchev–Trinajstić information content (AvgIpc) is 2.55. The van der Waals surface area contributed by atoms with Gasteiger partial charge in [-0.2, -0.15) is 5.26 Å². The lowest BCUT2D eigenvalue weighted by Crippen LogP contribution is -2.08. The van der Waals surface area contributed by atoms with E-state index in [-0.39, 0.29) is 10.6 Å². The third-order valence-corrected chi connectivity index (χ3v) is 5.99. The molecule has 6 heteroatoms. The maximum absolute atomic E-state index is 12.2. The van der Waals surface area contributed by atoms with Gasteiger partial charge in [-0.25, -0.2) is 8.42 Å². The van der Waals surface area contributed by atoms with E-state index in [4.69, 9.17) is 10.00 Å². The first-order valence-corrected chi connectivity index (χ1v) is 9.19. The number of nitrogens with zero attached hydrogens (tertiary/aromatic N) is 1. The predicted molar refractivity (Wildman–Crippen MR) is 86.9 cm³/mol. The summed E-state index contributed by atoms with van der Waals surface area (Å²) in [7, 11) is -1.74. The highest BCUT2D eigenvalue weighted by molar-refractivity contribution is 8.00. The standard InChI is InChI=1S/C16H15NO3S2/c1-20-14-3-2-4-15(11-14)21-9-10-22(18,19)16-7-5-13(12-17)6-8-16/h2-8,11H,9-10H2,1H3. The van der Waals surface area contributed by atoms with E-state index in [1.165, 1.54) is 36.0 Å². The maximum atomic E-state index is 12.2. The van der Waals surface area contributed by atoms with Gasteiger partial charge < -0.3 is 4.74 Å². The summed E-state index contributed by atoms with van der Waals surface area (Å²) in [6, 6.07) is 15.5. The molecule has 0 N–H and O–H groups in total. The van der Waals surface area contributed by atoms with E-state index in [0.29, 0.717) is 11.3 Å². The highest BCUT2D eigenvalue weighted by Crippen LogP contribution is 2.23. The van der Waals surface area contributed by atoms with Gasteiger partial charge in [0.2, 0.25) is 0 Å². The van der Waals surface area contributed by atoms with Gasteiger partial charge in [0, 0.05) is 10.6 Å². The minimum absolute atomic E-state index is 0.0424. The third-order valence-electron chi connectivity index (χ3n) is 3.00. The molecule has 0 aliphatic rings. The van der Waals surface area contributed by atoms with Crippen LogP contribution in [0.4, 0.5) is 0 Å². The van der Waals surface area contributed by atoms with Crippen molar-refractivity contribution in [1.29, 1.82) is 5.26 Å². The van der Waals surface area contributed by atoms with Crippen molar-refractivity contribution in [3.63, 3.8) is 0 Å². The molecular weight excluding hydrogens is 318 g/mol. The summed E-state index contributed by atoms with van der Waals surface area (Å²) in [6.45, 7) is 0. The number of benzene rings is 2. The lowest BCUT2D eigenvalue weighted by atomic mass is 10.2. The molecule has 2 aromatic carbocycles. The molecule has 0 amide bonds. The van der Waals surface area contributed by atoms with Crippen molar-refractivity contribution in [2.45, 2.75) is 9.79 Å². The fraction of sp³-hybridized carbons (Fsp3) is 0.188. The van der Waals surface area contributed by atoms with E-state index in [2.05, 4.69) is 0 Å². The van der Waals surface area contributed by atoms with Crippen LogP contribution in [0.25, 0.3) is 0 Å². The number of methoxy groups -OCH3 is 1. The van der Waals surface area contributed by atoms with Crippen molar-refractivity contribution in [2.75, 3.05) is 18.6 Å². The van der Waals surface area contributed by atoms with Gasteiger partial charge in [-0.15, -0.1) is 11.8 Å². The van der Waals surface area contributed by atoms with Gasteiger partial charge in [-0.1, -0.05) is 6.07 Å². The van der Waals surface area contributed by atoms with E-state index in [1.54, 1.807) is 7.11 Å². The summed E-state index contributed by atoms with van der Waals surface area (Å²) in [5.41, 5.74) is 0.449. The first kappa shape index (κ1) is 16.4. The quantitative estimate of drug-likeness (QED) is 0.760. The summed E-state index contributed by atoms with van der Waals surface area (Å²) in [6.07, 6.45) is 0. The Hall–Kier alpha value is -1.97. The number of rotatable bonds is 6. The molecule has 2 aromatic rings. The van der Waals surface area contributed by atoms with Crippen LogP contribution in [0.1, 0.15) is 5.56 Å². The highest BCUT2D eigenvalue weighted by Gasteiger charge is 2.14. The third kappa shape index (κ3) is 4.26. The van der Waals surface area contributed by atoms with Crippen molar-refractivity contribution >= 4 is 21.6 Å². The number of ether oxygens (including phenoxy) is 1. The van der Waals surface area contributed by atoms with Crippen LogP contribution in [0.3, 0.4) is 0 Å². The van der Waals surface area contributed by atoms with Gasteiger partial charge in [0.25, 0.3) is 0 Å². The molecule has 0 fully saturated rings. The number of thioether (sulfide) groups is 1. The molecule has 0 saturated carbocycles. The van der Waals surface area contributed by atoms with E-state index in [0.717, 1.165) is 10.6 Å². The van der Waals surface area contributed by atoms with E-state index < -0.39 is 9.84 Å². The van der Waals surface area contributed by atoms with Gasteiger partial charge in [0.1, 0.15) is 5.75 Å². The van der Waals surface area contributed by atoms with Crippen LogP contribution in [0.2, 0.25) is 0 Å². The molecule has 114 valence electrons. The monoisotopic (exact) mass is 333 g/mol. The van der Waals surface area contributed by atoms with Crippen LogP contribution < -0.4 is 4.74 Å². The van der Waals surface area contributed by atoms with Crippen LogP contribution in [0, 0.1) is 11.3 Å². The van der Waals surface area contributed by atoms with Crippen molar-refractivity contribution in [1.82, 2.24) is 0 Å². The Kier molecular flexibility index (Phi) is 5.47. The van der Waals surface area contributed by atoms with Crippen LogP contribution in [0.5, 0.6) is 5.75 Å². The molecule has 0 radical (unpaired) electrons. The topological polar surface area (TPSA) is 67.2 Å². The minimum Gasteiger partial charge on any atom is -0.497 e. The summed E-state index contributed by atoms with van der Waals surface area (Å²) >= 11 is 1.47. The molecule has 2 rings (SSSR count). The average molecular weight is 333 g/mol. The first-order valence-electron chi connectivity index (χ1n) is 6.55. The minimum atomic E-state index is -3.33. The van der Waals surface area contributed by atoms with Crippen molar-refractivity contribution < 1.29 is 13.2 Å². The molecule has 0 bridgehead atoms. The summed E-state index contributed by atoms with van der Waals surface area (Å²) < 4.78 is 29.6. The Morgan fingerprint density at radius 1 is 1.18 bits per heavy atom. The predicted octanol–water partition coefficient (Wildman–Crippen LogP) is 3.13. The highest BCUT2D eigenvalue weighted by atomic mass is 32.2. The molecule has 0 spiro atoms. The van der Waals surface area contributed by atoms with E-state index >= 15 is 0 Å². The Balaban J connectivity index is 1.98. The molecule has 0 heterocycles. The SMILES string of the molecule is COc1cccc(SCCS(=O)(=O)c2ccc(C#N)cc2)c1. The summed E-state index contributed by atoms with van der Waals surface area (Å²) in [4.78, 5) is 1.21. The lowest BCUT2D eigenvalue weighted by molar-refractivity contribution is 0.413. The van der Waals surface area contributed by atoms with Gasteiger partial charge in [0.05, 0.1) is 29.4 Å². The van der Waals surface area contributed by atoms with Crippen LogP contribution >= 0.6 is 11.8 Å². The molecule has 0 aromatic heterocycles. The Labute approximate surface area is 134 Å². The fourth-order valence-corrected chi connectivity index (χ4v) is 4.42. The largest absolute Gasteiger partial charge is 0.497 e. The second-order valence-corrected chi connectivity index (χ2v) is 7.76. The number of nitriles is 1. The van der Waals surface area contributed by atoms with Crippen LogP contribution in [0.15, 0.2) is 58.3 Å². The van der Waals surface area contributed by atoms with Gasteiger partial charge in [0.15, 0.2) is 9.84 Å². The second kappa shape index (κ2) is 7.34. The van der Waals surface area contributed by atoms with Gasteiger partial charge >= 0.3 is 0 Å². The molecule has 22 heavy (non-hydrogen) atoms. The summed E-state index contributed by atoms with van der Waals surface area (Å²) in [5, 5.41) is 8.73. The lowest BCUT2D eigenvalue weighted by Gasteiger charge is -2.06. The molecule has 0 saturated heterocycles. The molecule has 0 aliphatic heterocycles. The van der Waals surface area contributed by atoms with Crippen LogP contribution in [-0.2, 0) is 9.84 Å². The number of hydrogen-bond donors (Lipinski definition) is 0. The Morgan fingerprint density at radius 2 is 1.91 bits per heavy atom. The molecule has 0 unspecified atom stereocenters. The number of sulfone groups is 1. The Morgan fingerprint density at radius 3 is 2.55 bits per heavy atom. The van der Waals surface area contributed by atoms with Gasteiger partial charge in [-0.3, -0.25) is 0 Å². The molecule has 4 nitrogen and oxygen atoms in total. The number of hydrogen-bond acceptors (Lipinski definition) is 5. The van der Waals surface area contributed by atoms with Gasteiger partial charge in [-0.05, 0) is 42.5 Å². The second-order valence-electron chi connectivity index (χ2n) is 4.48. The zero-order valence-electron chi connectivity index (χ0n) is 12.0. The van der Waals surface area contributed by atoms with Crippen LogP contribution in [-0.4, -0.2) is 27.0 Å². The molecule has 0 atom stereocenters. The molecular formula is C16H15NO3S2. The normalized spacial score (nSPS) is 10.9. The zero-order chi connectivity index (χ0) is 16.0. The summed E-state index contributed by atoms with van der Waals surface area (Å²) in [5.74, 6) is 1.25. The van der Waals surface area contributed by atoms with Crippen molar-refractivity contribution in [2.24, 2.45) is 0 Å². The van der Waals surface area contributed by atoms with E-state index in [1.807, 2.05) is 30.3 Å². The van der Waals surface area contributed by atoms with E-state index in [9.17, 15) is 8.42 Å². The van der Waals surface area contributed by atoms with Crippen molar-refractivity contribution in [3.8, 4) is 11.8 Å². The maximum Gasteiger partial charge on any atom is 0.179 e. The Bertz CT molecular complexity index is 778. The van der Waals surface area contributed by atoms with Crippen molar-refractivity contribution in [3.05, 3.63) is 54.1 Å².